The summed E-state index contributed by atoms with van der Waals surface area (Å²) in [5.74, 6) is 0. The van der Waals surface area contributed by atoms with Gasteiger partial charge in [-0.15, -0.1) is 0 Å². The molecule has 2 N–H and O–H groups in total. The predicted molar refractivity (Wildman–Crippen MR) is 40.1 cm³/mol. The maximum absolute atomic E-state index is 8.56. The third-order valence-corrected chi connectivity index (χ3v) is 0.697. The number of hydrogen-bond donors (Lipinski definition) is 2. The molecule has 0 rings (SSSR count). The summed E-state index contributed by atoms with van der Waals surface area (Å²) in [6, 6.07) is 5.71. The smallest absolute Gasteiger partial charge is 0.450 e. The SMILES string of the molecule is N#CC(C#N)=C(C#N)C#N.O=C(O)O. The molecule has 0 aliphatic rings. The molecule has 0 radical (unpaired) electrons. The second-order valence-corrected chi connectivity index (χ2v) is 1.48. The molecule has 0 atom stereocenters. The first kappa shape index (κ1) is 13.6. The predicted octanol–water partition coefficient (Wildman–Crippen LogP) is 0.600. The van der Waals surface area contributed by atoms with Crippen molar-refractivity contribution in [3.05, 3.63) is 11.1 Å². The highest BCUT2D eigenvalue weighted by Crippen LogP contribution is 1.98. The largest absolute Gasteiger partial charge is 0.503 e. The summed E-state index contributed by atoms with van der Waals surface area (Å²) in [6.07, 6.45) is -1.83. The van der Waals surface area contributed by atoms with Crippen LogP contribution in [0.5, 0.6) is 0 Å². The normalized spacial score (nSPS) is 5.71. The van der Waals surface area contributed by atoms with E-state index in [0.717, 1.165) is 0 Å². The van der Waals surface area contributed by atoms with Crippen LogP contribution in [0.25, 0.3) is 0 Å². The summed E-state index contributed by atoms with van der Waals surface area (Å²) in [5, 5.41) is 46.4. The average Bonchev–Trinajstić information content (AvgIpc) is 2.13. The van der Waals surface area contributed by atoms with Crippen LogP contribution in [-0.4, -0.2) is 16.4 Å². The fourth-order valence-electron chi connectivity index (χ4n) is 0.274. The van der Waals surface area contributed by atoms with Crippen LogP contribution in [0.1, 0.15) is 0 Å². The van der Waals surface area contributed by atoms with E-state index in [-0.39, 0.29) is 0 Å². The second kappa shape index (κ2) is 8.07. The molecule has 0 heterocycles. The van der Waals surface area contributed by atoms with E-state index in [4.69, 9.17) is 36.1 Å². The van der Waals surface area contributed by atoms with E-state index >= 15 is 0 Å². The molecule has 0 fully saturated rings. The van der Waals surface area contributed by atoms with Gasteiger partial charge in [0.2, 0.25) is 0 Å². The van der Waals surface area contributed by atoms with Crippen molar-refractivity contribution >= 4 is 6.16 Å². The van der Waals surface area contributed by atoms with E-state index in [1.54, 1.807) is 0 Å². The lowest BCUT2D eigenvalue weighted by molar-refractivity contribution is 0.137. The Kier molecular flexibility index (Phi) is 7.81. The van der Waals surface area contributed by atoms with Crippen LogP contribution in [0.3, 0.4) is 0 Å². The Labute approximate surface area is 78.6 Å². The average molecular weight is 190 g/mol. The van der Waals surface area contributed by atoms with Gasteiger partial charge in [-0.3, -0.25) is 0 Å². The van der Waals surface area contributed by atoms with Crippen molar-refractivity contribution in [3.63, 3.8) is 0 Å². The molecule has 0 unspecified atom stereocenters. The molecule has 0 bridgehead atoms. The molecule has 0 aliphatic heterocycles. The van der Waals surface area contributed by atoms with Crippen LogP contribution >= 0.6 is 0 Å². The van der Waals surface area contributed by atoms with Crippen molar-refractivity contribution < 1.29 is 15.0 Å². The zero-order valence-corrected chi connectivity index (χ0v) is 6.59. The Morgan fingerprint density at radius 3 is 1.00 bits per heavy atom. The highest BCUT2D eigenvalue weighted by atomic mass is 16.6. The Balaban J connectivity index is 0. The molecule has 0 saturated heterocycles. The third-order valence-electron chi connectivity index (χ3n) is 0.697. The maximum Gasteiger partial charge on any atom is 0.503 e. The lowest BCUT2D eigenvalue weighted by Crippen LogP contribution is -1.81. The molecule has 0 amide bonds. The molecule has 68 valence electrons. The van der Waals surface area contributed by atoms with Crippen molar-refractivity contribution in [2.24, 2.45) is 0 Å². The highest BCUT2D eigenvalue weighted by molar-refractivity contribution is 5.53. The monoisotopic (exact) mass is 190 g/mol. The molecule has 0 saturated carbocycles. The molecule has 14 heavy (non-hydrogen) atoms. The van der Waals surface area contributed by atoms with Gasteiger partial charge >= 0.3 is 6.16 Å². The van der Waals surface area contributed by atoms with Gasteiger partial charge in [0.05, 0.1) is 0 Å². The van der Waals surface area contributed by atoms with Gasteiger partial charge in [-0.1, -0.05) is 0 Å². The topological polar surface area (TPSA) is 153 Å². The molecule has 0 aliphatic carbocycles. The zero-order valence-electron chi connectivity index (χ0n) is 6.59. The second-order valence-electron chi connectivity index (χ2n) is 1.48. The quantitative estimate of drug-likeness (QED) is 0.530. The fraction of sp³-hybridized carbons (Fsp3) is 0. The van der Waals surface area contributed by atoms with Crippen LogP contribution in [0.2, 0.25) is 0 Å². The zero-order chi connectivity index (χ0) is 11.6. The molecule has 0 aromatic rings. The fourth-order valence-corrected chi connectivity index (χ4v) is 0.274. The summed E-state index contributed by atoms with van der Waals surface area (Å²) in [5.41, 5.74) is -0.880. The summed E-state index contributed by atoms with van der Waals surface area (Å²) in [6.45, 7) is 0. The highest BCUT2D eigenvalue weighted by Gasteiger charge is 2.01. The molecule has 0 aromatic heterocycles. The molecular formula is C7H2N4O3. The van der Waals surface area contributed by atoms with E-state index in [0.29, 0.717) is 0 Å². The van der Waals surface area contributed by atoms with E-state index in [9.17, 15) is 0 Å². The van der Waals surface area contributed by atoms with Gasteiger partial charge in [-0.25, -0.2) is 4.79 Å². The Morgan fingerprint density at radius 2 is 0.929 bits per heavy atom. The first-order chi connectivity index (χ1) is 6.53. The van der Waals surface area contributed by atoms with Crippen molar-refractivity contribution in [3.8, 4) is 24.3 Å². The standard InChI is InChI=1S/C6N4.CH2O3/c7-1-5(2-8)6(3-9)4-10;2-1(3)4/h;(H2,2,3,4). The lowest BCUT2D eigenvalue weighted by Gasteiger charge is -1.76. The van der Waals surface area contributed by atoms with Crippen LogP contribution < -0.4 is 0 Å². The summed E-state index contributed by atoms with van der Waals surface area (Å²) in [7, 11) is 0. The number of hydrogen-bond acceptors (Lipinski definition) is 5. The van der Waals surface area contributed by atoms with E-state index in [1.807, 2.05) is 0 Å². The Hall–Kier alpha value is -3.03. The first-order valence-electron chi connectivity index (χ1n) is 2.80. The van der Waals surface area contributed by atoms with Crippen LogP contribution in [0.15, 0.2) is 11.1 Å². The van der Waals surface area contributed by atoms with Gasteiger partial charge in [0, 0.05) is 0 Å². The number of rotatable bonds is 0. The van der Waals surface area contributed by atoms with Gasteiger partial charge < -0.3 is 10.2 Å². The Morgan fingerprint density at radius 1 is 0.786 bits per heavy atom. The van der Waals surface area contributed by atoms with Gasteiger partial charge in [0.25, 0.3) is 0 Å². The minimum absolute atomic E-state index is 0.440. The van der Waals surface area contributed by atoms with Crippen LogP contribution in [-0.2, 0) is 0 Å². The molecule has 0 aromatic carbocycles. The molecule has 7 nitrogen and oxygen atoms in total. The van der Waals surface area contributed by atoms with Crippen molar-refractivity contribution in [1.29, 1.82) is 21.0 Å². The van der Waals surface area contributed by atoms with E-state index in [1.165, 1.54) is 24.3 Å². The van der Waals surface area contributed by atoms with Crippen molar-refractivity contribution in [2.45, 2.75) is 0 Å². The number of allylic oxidation sites excluding steroid dienone is 2. The Bertz CT molecular complexity index is 340. The molecule has 7 heteroatoms. The number of nitrogens with zero attached hydrogens (tertiary/aromatic N) is 4. The van der Waals surface area contributed by atoms with Gasteiger partial charge in [-0.05, 0) is 0 Å². The van der Waals surface area contributed by atoms with Crippen molar-refractivity contribution in [1.82, 2.24) is 0 Å². The molecular weight excluding hydrogens is 188 g/mol. The first-order valence-corrected chi connectivity index (χ1v) is 2.80. The van der Waals surface area contributed by atoms with Gasteiger partial charge in [0.15, 0.2) is 11.1 Å². The van der Waals surface area contributed by atoms with Gasteiger partial charge in [-0.2, -0.15) is 21.0 Å². The number of carboxylic acid groups (broad SMARTS) is 2. The van der Waals surface area contributed by atoms with E-state index < -0.39 is 17.3 Å². The van der Waals surface area contributed by atoms with Crippen LogP contribution in [0.4, 0.5) is 4.79 Å². The van der Waals surface area contributed by atoms with Crippen LogP contribution in [0, 0.1) is 45.3 Å². The summed E-state index contributed by atoms with van der Waals surface area (Å²) >= 11 is 0. The van der Waals surface area contributed by atoms with Crippen molar-refractivity contribution in [2.75, 3.05) is 0 Å². The van der Waals surface area contributed by atoms with E-state index in [2.05, 4.69) is 0 Å². The minimum Gasteiger partial charge on any atom is -0.450 e. The van der Waals surface area contributed by atoms with Gasteiger partial charge in [0.1, 0.15) is 24.3 Å². The lowest BCUT2D eigenvalue weighted by atomic mass is 10.2. The summed E-state index contributed by atoms with van der Waals surface area (Å²) in [4.78, 5) is 8.56. The molecule has 0 spiro atoms. The number of carbonyl (C=O) groups is 1. The third kappa shape index (κ3) is 7.08. The minimum atomic E-state index is -1.83. The summed E-state index contributed by atoms with van der Waals surface area (Å²) < 4.78 is 0. The maximum atomic E-state index is 8.56. The number of nitriles is 4.